The van der Waals surface area contributed by atoms with E-state index in [1.54, 1.807) is 12.1 Å². The maximum absolute atomic E-state index is 10.6. The van der Waals surface area contributed by atoms with Crippen LogP contribution in [-0.2, 0) is 9.57 Å². The molecule has 0 saturated heterocycles. The lowest BCUT2D eigenvalue weighted by Gasteiger charge is -2.09. The van der Waals surface area contributed by atoms with Crippen LogP contribution in [0.25, 0.3) is 0 Å². The lowest BCUT2D eigenvalue weighted by molar-refractivity contribution is -0.384. The summed E-state index contributed by atoms with van der Waals surface area (Å²) in [6.45, 7) is 0. The Labute approximate surface area is 114 Å². The van der Waals surface area contributed by atoms with Crippen molar-refractivity contribution in [1.82, 2.24) is 0 Å². The topological polar surface area (TPSA) is 74.0 Å². The zero-order valence-electron chi connectivity index (χ0n) is 10.3. The lowest BCUT2D eigenvalue weighted by atomic mass is 10.2. The van der Waals surface area contributed by atoms with Gasteiger partial charge in [-0.3, -0.25) is 10.1 Å². The SMILES string of the molecule is O=[N+]([O-])c1ccc(C2ON=C(c3ccccc3)O2)cc1. The minimum atomic E-state index is -0.675. The maximum Gasteiger partial charge on any atom is 0.293 e. The van der Waals surface area contributed by atoms with Gasteiger partial charge in [0.1, 0.15) is 0 Å². The monoisotopic (exact) mass is 270 g/mol. The smallest absolute Gasteiger partial charge is 0.293 e. The van der Waals surface area contributed by atoms with Crippen LogP contribution in [0.15, 0.2) is 59.8 Å². The lowest BCUT2D eigenvalue weighted by Crippen LogP contribution is -2.05. The molecule has 1 aliphatic heterocycles. The highest BCUT2D eigenvalue weighted by atomic mass is 16.8. The molecular formula is C14H10N2O4. The Bertz CT molecular complexity index is 653. The molecule has 2 aromatic rings. The molecular weight excluding hydrogens is 260 g/mol. The van der Waals surface area contributed by atoms with Crippen LogP contribution in [0.2, 0.25) is 0 Å². The maximum atomic E-state index is 10.6. The van der Waals surface area contributed by atoms with E-state index in [-0.39, 0.29) is 5.69 Å². The van der Waals surface area contributed by atoms with E-state index in [4.69, 9.17) is 9.57 Å². The number of nitrogens with zero attached hydrogens (tertiary/aromatic N) is 2. The van der Waals surface area contributed by atoms with Crippen molar-refractivity contribution < 1.29 is 14.5 Å². The standard InChI is InChI=1S/C14H10N2O4/c17-16(18)12-8-6-11(7-9-12)14-19-13(15-20-14)10-4-2-1-3-5-10/h1-9,14H. The normalized spacial score (nSPS) is 17.0. The number of benzene rings is 2. The molecule has 100 valence electrons. The first-order valence-electron chi connectivity index (χ1n) is 5.94. The van der Waals surface area contributed by atoms with E-state index >= 15 is 0 Å². The fraction of sp³-hybridized carbons (Fsp3) is 0.0714. The van der Waals surface area contributed by atoms with Gasteiger partial charge >= 0.3 is 0 Å². The van der Waals surface area contributed by atoms with Crippen LogP contribution in [-0.4, -0.2) is 10.8 Å². The molecule has 1 aliphatic rings. The van der Waals surface area contributed by atoms with E-state index in [1.165, 1.54) is 12.1 Å². The second-order valence-electron chi connectivity index (χ2n) is 4.17. The predicted octanol–water partition coefficient (Wildman–Crippen LogP) is 3.00. The third kappa shape index (κ3) is 2.31. The molecule has 6 nitrogen and oxygen atoms in total. The minimum Gasteiger partial charge on any atom is -0.428 e. The number of hydrogen-bond acceptors (Lipinski definition) is 5. The van der Waals surface area contributed by atoms with Crippen molar-refractivity contribution in [3.8, 4) is 0 Å². The van der Waals surface area contributed by atoms with Gasteiger partial charge in [0.25, 0.3) is 17.9 Å². The van der Waals surface area contributed by atoms with Gasteiger partial charge in [-0.05, 0) is 29.4 Å². The molecule has 0 N–H and O–H groups in total. The van der Waals surface area contributed by atoms with Gasteiger partial charge in [0.2, 0.25) is 0 Å². The van der Waals surface area contributed by atoms with Gasteiger partial charge in [0.15, 0.2) is 0 Å². The highest BCUT2D eigenvalue weighted by molar-refractivity contribution is 5.94. The summed E-state index contributed by atoms with van der Waals surface area (Å²) in [4.78, 5) is 15.3. The van der Waals surface area contributed by atoms with Gasteiger partial charge in [-0.1, -0.05) is 18.2 Å². The van der Waals surface area contributed by atoms with Crippen molar-refractivity contribution in [1.29, 1.82) is 0 Å². The van der Waals surface area contributed by atoms with Crippen LogP contribution in [0, 0.1) is 10.1 Å². The summed E-state index contributed by atoms with van der Waals surface area (Å²) >= 11 is 0. The minimum absolute atomic E-state index is 0.0240. The Kier molecular flexibility index (Phi) is 3.04. The number of hydrogen-bond donors (Lipinski definition) is 0. The third-order valence-corrected chi connectivity index (χ3v) is 2.85. The van der Waals surface area contributed by atoms with Gasteiger partial charge in [-0.15, -0.1) is 0 Å². The third-order valence-electron chi connectivity index (χ3n) is 2.85. The molecule has 0 bridgehead atoms. The van der Waals surface area contributed by atoms with Crippen LogP contribution in [0.5, 0.6) is 0 Å². The molecule has 1 unspecified atom stereocenters. The van der Waals surface area contributed by atoms with E-state index in [2.05, 4.69) is 5.16 Å². The molecule has 20 heavy (non-hydrogen) atoms. The Morgan fingerprint density at radius 1 is 1.05 bits per heavy atom. The van der Waals surface area contributed by atoms with Gasteiger partial charge < -0.3 is 9.57 Å². The van der Waals surface area contributed by atoms with E-state index in [9.17, 15) is 10.1 Å². The van der Waals surface area contributed by atoms with Crippen LogP contribution < -0.4 is 0 Å². The summed E-state index contributed by atoms with van der Waals surface area (Å²) in [6, 6.07) is 15.4. The largest absolute Gasteiger partial charge is 0.428 e. The van der Waals surface area contributed by atoms with Gasteiger partial charge in [-0.25, -0.2) is 0 Å². The fourth-order valence-electron chi connectivity index (χ4n) is 1.82. The van der Waals surface area contributed by atoms with Crippen molar-refractivity contribution in [2.45, 2.75) is 6.29 Å². The summed E-state index contributed by atoms with van der Waals surface area (Å²) < 4.78 is 5.59. The molecule has 0 fully saturated rings. The number of oxime groups is 1. The van der Waals surface area contributed by atoms with Gasteiger partial charge in [0, 0.05) is 23.3 Å². The molecule has 6 heteroatoms. The fourth-order valence-corrected chi connectivity index (χ4v) is 1.82. The Hall–Kier alpha value is -2.89. The van der Waals surface area contributed by atoms with Crippen LogP contribution >= 0.6 is 0 Å². The molecule has 1 atom stereocenters. The molecule has 0 saturated carbocycles. The van der Waals surface area contributed by atoms with Crippen LogP contribution in [0.3, 0.4) is 0 Å². The van der Waals surface area contributed by atoms with Crippen LogP contribution in [0.4, 0.5) is 5.69 Å². The first-order valence-corrected chi connectivity index (χ1v) is 5.94. The van der Waals surface area contributed by atoms with Crippen molar-refractivity contribution in [2.75, 3.05) is 0 Å². The Morgan fingerprint density at radius 3 is 2.40 bits per heavy atom. The van der Waals surface area contributed by atoms with Crippen molar-refractivity contribution >= 4 is 11.6 Å². The van der Waals surface area contributed by atoms with Crippen molar-refractivity contribution in [3.63, 3.8) is 0 Å². The Morgan fingerprint density at radius 2 is 1.75 bits per heavy atom. The summed E-state index contributed by atoms with van der Waals surface area (Å²) in [7, 11) is 0. The number of rotatable bonds is 3. The summed E-state index contributed by atoms with van der Waals surface area (Å²) in [5.41, 5.74) is 1.51. The summed E-state index contributed by atoms with van der Waals surface area (Å²) in [5.74, 6) is 0.397. The molecule has 0 spiro atoms. The Balaban J connectivity index is 1.74. The zero-order chi connectivity index (χ0) is 13.9. The average Bonchev–Trinajstić information content (AvgIpc) is 2.98. The quantitative estimate of drug-likeness (QED) is 0.634. The van der Waals surface area contributed by atoms with Crippen LogP contribution in [0.1, 0.15) is 17.4 Å². The van der Waals surface area contributed by atoms with E-state index in [0.29, 0.717) is 11.5 Å². The molecule has 0 aliphatic carbocycles. The van der Waals surface area contributed by atoms with Crippen molar-refractivity contribution in [3.05, 3.63) is 75.8 Å². The average molecular weight is 270 g/mol. The highest BCUT2D eigenvalue weighted by Crippen LogP contribution is 2.27. The molecule has 2 aromatic carbocycles. The highest BCUT2D eigenvalue weighted by Gasteiger charge is 2.25. The molecule has 0 radical (unpaired) electrons. The van der Waals surface area contributed by atoms with Gasteiger partial charge in [-0.2, -0.15) is 0 Å². The molecule has 0 amide bonds. The second-order valence-corrected chi connectivity index (χ2v) is 4.17. The van der Waals surface area contributed by atoms with Crippen molar-refractivity contribution in [2.24, 2.45) is 5.16 Å². The van der Waals surface area contributed by atoms with Gasteiger partial charge in [0.05, 0.1) is 4.92 Å². The number of nitro benzene ring substituents is 1. The number of nitro groups is 1. The number of ether oxygens (including phenoxy) is 1. The van der Waals surface area contributed by atoms with E-state index in [1.807, 2.05) is 30.3 Å². The first kappa shape index (κ1) is 12.2. The second kappa shape index (κ2) is 5.00. The first-order chi connectivity index (χ1) is 9.74. The molecule has 0 aromatic heterocycles. The van der Waals surface area contributed by atoms with E-state index < -0.39 is 11.2 Å². The predicted molar refractivity (Wildman–Crippen MR) is 71.0 cm³/mol. The summed E-state index contributed by atoms with van der Waals surface area (Å²) in [5, 5.41) is 14.5. The van der Waals surface area contributed by atoms with E-state index in [0.717, 1.165) is 5.56 Å². The molecule has 1 heterocycles. The number of non-ortho nitro benzene ring substituents is 1. The summed E-state index contributed by atoms with van der Waals surface area (Å²) in [6.07, 6.45) is -0.675. The molecule has 3 rings (SSSR count). The zero-order valence-corrected chi connectivity index (χ0v) is 10.3.